The lowest BCUT2D eigenvalue weighted by Gasteiger charge is -2.28. The number of aliphatic hydroxyl groups excluding tert-OH is 1. The van der Waals surface area contributed by atoms with Gasteiger partial charge < -0.3 is 14.6 Å². The average Bonchev–Trinajstić information content (AvgIpc) is 3.16. The van der Waals surface area contributed by atoms with Crippen LogP contribution in [0.1, 0.15) is 29.5 Å². The predicted octanol–water partition coefficient (Wildman–Crippen LogP) is 3.72. The maximum atomic E-state index is 10.5. The molecule has 0 saturated carbocycles. The van der Waals surface area contributed by atoms with Gasteiger partial charge in [-0.1, -0.05) is 42.0 Å². The Bertz CT molecular complexity index is 698. The van der Waals surface area contributed by atoms with Crippen molar-refractivity contribution in [3.63, 3.8) is 0 Å². The molecule has 0 aromatic heterocycles. The summed E-state index contributed by atoms with van der Waals surface area (Å²) in [7, 11) is 0. The molecule has 2 aromatic rings. The van der Waals surface area contributed by atoms with Crippen molar-refractivity contribution in [1.82, 2.24) is 4.90 Å². The van der Waals surface area contributed by atoms with Crippen molar-refractivity contribution in [3.8, 4) is 5.75 Å². The minimum absolute atomic E-state index is 0.262. The van der Waals surface area contributed by atoms with Gasteiger partial charge in [0, 0.05) is 26.2 Å². The van der Waals surface area contributed by atoms with E-state index < -0.39 is 6.10 Å². The van der Waals surface area contributed by atoms with E-state index in [-0.39, 0.29) is 6.10 Å². The molecule has 4 heteroatoms. The van der Waals surface area contributed by atoms with Gasteiger partial charge in [0.1, 0.15) is 18.5 Å². The SMILES string of the molecule is Cc1ccc(CN(CC(O)COc2ccccc2)CC2CCCO2)c(C)c1. The van der Waals surface area contributed by atoms with E-state index >= 15 is 0 Å². The monoisotopic (exact) mass is 369 g/mol. The maximum absolute atomic E-state index is 10.5. The topological polar surface area (TPSA) is 41.9 Å². The first-order chi connectivity index (χ1) is 13.1. The van der Waals surface area contributed by atoms with E-state index in [1.807, 2.05) is 30.3 Å². The van der Waals surface area contributed by atoms with Crippen LogP contribution in [0.4, 0.5) is 0 Å². The minimum atomic E-state index is -0.544. The fourth-order valence-corrected chi connectivity index (χ4v) is 3.60. The molecular formula is C23H31NO3. The maximum Gasteiger partial charge on any atom is 0.119 e. The van der Waals surface area contributed by atoms with Gasteiger partial charge in [-0.2, -0.15) is 0 Å². The quantitative estimate of drug-likeness (QED) is 0.731. The second kappa shape index (κ2) is 9.88. The fourth-order valence-electron chi connectivity index (χ4n) is 3.60. The summed E-state index contributed by atoms with van der Waals surface area (Å²) in [5.41, 5.74) is 3.87. The molecule has 0 amide bonds. The molecule has 0 bridgehead atoms. The van der Waals surface area contributed by atoms with Crippen LogP contribution in [0.3, 0.4) is 0 Å². The van der Waals surface area contributed by atoms with Crippen LogP contribution in [0.15, 0.2) is 48.5 Å². The standard InChI is InChI=1S/C23H31NO3/c1-18-10-11-20(19(2)13-18)14-24(16-23-9-6-12-26-23)15-21(25)17-27-22-7-4-3-5-8-22/h3-5,7-8,10-11,13,21,23,25H,6,9,12,14-17H2,1-2H3. The minimum Gasteiger partial charge on any atom is -0.491 e. The van der Waals surface area contributed by atoms with E-state index in [2.05, 4.69) is 36.9 Å². The largest absolute Gasteiger partial charge is 0.491 e. The van der Waals surface area contributed by atoms with Gasteiger partial charge in [0.25, 0.3) is 0 Å². The second-order valence-electron chi connectivity index (χ2n) is 7.54. The Morgan fingerprint density at radius 1 is 1.19 bits per heavy atom. The Hall–Kier alpha value is -1.88. The number of hydrogen-bond acceptors (Lipinski definition) is 4. The molecule has 1 saturated heterocycles. The lowest BCUT2D eigenvalue weighted by molar-refractivity contribution is 0.0313. The Kier molecular flexibility index (Phi) is 7.27. The Morgan fingerprint density at radius 2 is 2.00 bits per heavy atom. The van der Waals surface area contributed by atoms with Gasteiger partial charge in [-0.3, -0.25) is 4.90 Å². The number of nitrogens with zero attached hydrogens (tertiary/aromatic N) is 1. The third-order valence-electron chi connectivity index (χ3n) is 5.03. The highest BCUT2D eigenvalue weighted by Gasteiger charge is 2.22. The zero-order valence-corrected chi connectivity index (χ0v) is 16.4. The number of ether oxygens (including phenoxy) is 2. The van der Waals surface area contributed by atoms with Crippen LogP contribution in [0.25, 0.3) is 0 Å². The summed E-state index contributed by atoms with van der Waals surface area (Å²) in [4.78, 5) is 2.30. The van der Waals surface area contributed by atoms with Gasteiger partial charge in [0.15, 0.2) is 0 Å². The molecular weight excluding hydrogens is 338 g/mol. The van der Waals surface area contributed by atoms with E-state index in [1.165, 1.54) is 16.7 Å². The van der Waals surface area contributed by atoms with Gasteiger partial charge in [0.2, 0.25) is 0 Å². The van der Waals surface area contributed by atoms with Crippen LogP contribution in [0.5, 0.6) is 5.75 Å². The van der Waals surface area contributed by atoms with Gasteiger partial charge in [-0.05, 0) is 49.9 Å². The zero-order chi connectivity index (χ0) is 19.1. The van der Waals surface area contributed by atoms with Crippen LogP contribution in [0, 0.1) is 13.8 Å². The molecule has 2 aromatic carbocycles. The van der Waals surface area contributed by atoms with Gasteiger partial charge >= 0.3 is 0 Å². The lowest BCUT2D eigenvalue weighted by Crippen LogP contribution is -2.39. The fraction of sp³-hybridized carbons (Fsp3) is 0.478. The van der Waals surface area contributed by atoms with Crippen LogP contribution in [0.2, 0.25) is 0 Å². The average molecular weight is 370 g/mol. The van der Waals surface area contributed by atoms with Gasteiger partial charge in [-0.15, -0.1) is 0 Å². The third kappa shape index (κ3) is 6.35. The van der Waals surface area contributed by atoms with E-state index in [4.69, 9.17) is 9.47 Å². The molecule has 2 atom stereocenters. The molecule has 146 valence electrons. The molecule has 3 rings (SSSR count). The van der Waals surface area contributed by atoms with Crippen LogP contribution in [-0.2, 0) is 11.3 Å². The molecule has 0 spiro atoms. The lowest BCUT2D eigenvalue weighted by atomic mass is 10.0. The Labute approximate surface area is 162 Å². The number of aryl methyl sites for hydroxylation is 2. The summed E-state index contributed by atoms with van der Waals surface area (Å²) >= 11 is 0. The molecule has 1 N–H and O–H groups in total. The number of rotatable bonds is 9. The molecule has 0 aliphatic carbocycles. The summed E-state index contributed by atoms with van der Waals surface area (Å²) in [5.74, 6) is 0.789. The van der Waals surface area contributed by atoms with E-state index in [9.17, 15) is 5.11 Å². The first-order valence-corrected chi connectivity index (χ1v) is 9.86. The number of hydrogen-bond donors (Lipinski definition) is 1. The molecule has 1 aliphatic heterocycles. The normalized spacial score (nSPS) is 18.0. The van der Waals surface area contributed by atoms with Crippen molar-refractivity contribution < 1.29 is 14.6 Å². The second-order valence-corrected chi connectivity index (χ2v) is 7.54. The summed E-state index contributed by atoms with van der Waals surface area (Å²) in [5, 5.41) is 10.5. The highest BCUT2D eigenvalue weighted by atomic mass is 16.5. The molecule has 1 heterocycles. The highest BCUT2D eigenvalue weighted by Crippen LogP contribution is 2.18. The Balaban J connectivity index is 1.59. The first kappa shape index (κ1) is 19.9. The molecule has 0 radical (unpaired) electrons. The van der Waals surface area contributed by atoms with E-state index in [1.54, 1.807) is 0 Å². The molecule has 2 unspecified atom stereocenters. The summed E-state index contributed by atoms with van der Waals surface area (Å²) < 4.78 is 11.5. The van der Waals surface area contributed by atoms with Crippen molar-refractivity contribution in [2.24, 2.45) is 0 Å². The van der Waals surface area contributed by atoms with Crippen molar-refractivity contribution in [3.05, 3.63) is 65.2 Å². The number of benzene rings is 2. The molecule has 27 heavy (non-hydrogen) atoms. The van der Waals surface area contributed by atoms with Gasteiger partial charge in [0.05, 0.1) is 6.10 Å². The summed E-state index contributed by atoms with van der Waals surface area (Å²) in [6, 6.07) is 16.2. The van der Waals surface area contributed by atoms with Crippen LogP contribution in [-0.4, -0.2) is 48.5 Å². The van der Waals surface area contributed by atoms with Crippen LogP contribution >= 0.6 is 0 Å². The van der Waals surface area contributed by atoms with E-state index in [0.29, 0.717) is 13.2 Å². The van der Waals surface area contributed by atoms with E-state index in [0.717, 1.165) is 38.3 Å². The smallest absolute Gasteiger partial charge is 0.119 e. The molecule has 1 fully saturated rings. The van der Waals surface area contributed by atoms with Crippen molar-refractivity contribution in [2.45, 2.75) is 45.4 Å². The summed E-state index contributed by atoms with van der Waals surface area (Å²) in [6.45, 7) is 7.64. The zero-order valence-electron chi connectivity index (χ0n) is 16.4. The van der Waals surface area contributed by atoms with Crippen LogP contribution < -0.4 is 4.74 Å². The summed E-state index contributed by atoms with van der Waals surface area (Å²) in [6.07, 6.45) is 1.94. The number of aliphatic hydroxyl groups is 1. The van der Waals surface area contributed by atoms with Crippen molar-refractivity contribution in [1.29, 1.82) is 0 Å². The number of para-hydroxylation sites is 1. The molecule has 4 nitrogen and oxygen atoms in total. The first-order valence-electron chi connectivity index (χ1n) is 9.86. The van der Waals surface area contributed by atoms with Crippen molar-refractivity contribution >= 4 is 0 Å². The third-order valence-corrected chi connectivity index (χ3v) is 5.03. The van der Waals surface area contributed by atoms with Gasteiger partial charge in [-0.25, -0.2) is 0 Å². The predicted molar refractivity (Wildman–Crippen MR) is 108 cm³/mol. The van der Waals surface area contributed by atoms with Crippen molar-refractivity contribution in [2.75, 3.05) is 26.3 Å². The Morgan fingerprint density at radius 3 is 2.70 bits per heavy atom. The highest BCUT2D eigenvalue weighted by molar-refractivity contribution is 5.30. The molecule has 1 aliphatic rings.